The van der Waals surface area contributed by atoms with Crippen molar-refractivity contribution in [1.82, 2.24) is 15.0 Å². The second-order valence-electron chi connectivity index (χ2n) is 14.0. The molecule has 4 heterocycles. The summed E-state index contributed by atoms with van der Waals surface area (Å²) < 4.78 is 12.3. The zero-order chi connectivity index (χ0) is 37.7. The first-order valence-corrected chi connectivity index (χ1v) is 18.9. The van der Waals surface area contributed by atoms with Gasteiger partial charge in [0.25, 0.3) is 0 Å². The lowest BCUT2D eigenvalue weighted by Crippen LogP contribution is -2.09. The van der Waals surface area contributed by atoms with Gasteiger partial charge in [0, 0.05) is 56.1 Å². The molecular formula is C51H32N4O2. The largest absolute Gasteiger partial charge is 0.456 e. The predicted molar refractivity (Wildman–Crippen MR) is 231 cm³/mol. The molecule has 57 heavy (non-hydrogen) atoms. The van der Waals surface area contributed by atoms with Gasteiger partial charge < -0.3 is 13.7 Å². The first-order chi connectivity index (χ1) is 28.2. The van der Waals surface area contributed by atoms with Gasteiger partial charge in [-0.05, 0) is 96.1 Å². The van der Waals surface area contributed by atoms with Crippen LogP contribution in [0.1, 0.15) is 0 Å². The number of para-hydroxylation sites is 3. The van der Waals surface area contributed by atoms with Crippen LogP contribution in [0, 0.1) is 0 Å². The molecule has 0 bridgehead atoms. The van der Waals surface area contributed by atoms with Gasteiger partial charge in [0.15, 0.2) is 5.58 Å². The van der Waals surface area contributed by atoms with Crippen LogP contribution in [0.15, 0.2) is 203 Å². The average molecular weight is 733 g/mol. The van der Waals surface area contributed by atoms with Gasteiger partial charge in [-0.3, -0.25) is 4.98 Å². The fourth-order valence-electron chi connectivity index (χ4n) is 7.81. The zero-order valence-corrected chi connectivity index (χ0v) is 30.6. The Morgan fingerprint density at radius 2 is 1.09 bits per heavy atom. The number of oxazole rings is 1. The predicted octanol–water partition coefficient (Wildman–Crippen LogP) is 13.8. The number of hydrogen-bond acceptors (Lipinski definition) is 6. The highest BCUT2D eigenvalue weighted by molar-refractivity contribution is 6.12. The van der Waals surface area contributed by atoms with Gasteiger partial charge in [-0.25, -0.2) is 9.97 Å². The Kier molecular flexibility index (Phi) is 7.71. The van der Waals surface area contributed by atoms with E-state index in [4.69, 9.17) is 23.8 Å². The van der Waals surface area contributed by atoms with E-state index in [1.807, 2.05) is 72.9 Å². The van der Waals surface area contributed by atoms with E-state index < -0.39 is 0 Å². The van der Waals surface area contributed by atoms with Crippen LogP contribution in [0.5, 0.6) is 0 Å². The van der Waals surface area contributed by atoms with E-state index in [2.05, 4.69) is 126 Å². The summed E-state index contributed by atoms with van der Waals surface area (Å²) in [6, 6.07) is 64.5. The number of benzene rings is 7. The lowest BCUT2D eigenvalue weighted by Gasteiger charge is -2.26. The Bertz CT molecular complexity index is 3190. The van der Waals surface area contributed by atoms with Crippen LogP contribution in [-0.2, 0) is 0 Å². The molecule has 0 aliphatic rings. The summed E-state index contributed by atoms with van der Waals surface area (Å²) in [5.41, 5.74) is 14.3. The summed E-state index contributed by atoms with van der Waals surface area (Å²) in [6.45, 7) is 0. The van der Waals surface area contributed by atoms with E-state index in [0.29, 0.717) is 5.89 Å². The van der Waals surface area contributed by atoms with Gasteiger partial charge >= 0.3 is 0 Å². The van der Waals surface area contributed by atoms with Crippen molar-refractivity contribution < 1.29 is 8.83 Å². The molecule has 11 aromatic rings. The fraction of sp³-hybridized carbons (Fsp3) is 0. The average Bonchev–Trinajstić information content (AvgIpc) is 3.90. The van der Waals surface area contributed by atoms with Gasteiger partial charge in [-0.1, -0.05) is 103 Å². The first kappa shape index (κ1) is 32.6. The molecule has 0 saturated carbocycles. The molecule has 0 fully saturated rings. The van der Waals surface area contributed by atoms with Crippen molar-refractivity contribution in [2.75, 3.05) is 4.90 Å². The maximum absolute atomic E-state index is 6.22. The van der Waals surface area contributed by atoms with Crippen LogP contribution in [0.2, 0.25) is 0 Å². The highest BCUT2D eigenvalue weighted by Crippen LogP contribution is 2.41. The maximum Gasteiger partial charge on any atom is 0.227 e. The quantitative estimate of drug-likeness (QED) is 0.162. The molecule has 268 valence electrons. The lowest BCUT2D eigenvalue weighted by molar-refractivity contribution is 0.620. The van der Waals surface area contributed by atoms with E-state index in [0.717, 1.165) is 100 Å². The Labute approximate surface area is 328 Å². The third-order valence-corrected chi connectivity index (χ3v) is 10.6. The van der Waals surface area contributed by atoms with Crippen LogP contribution in [-0.4, -0.2) is 15.0 Å². The van der Waals surface area contributed by atoms with Gasteiger partial charge in [-0.15, -0.1) is 0 Å². The third-order valence-electron chi connectivity index (χ3n) is 10.6. The van der Waals surface area contributed by atoms with Crippen LogP contribution >= 0.6 is 0 Å². The van der Waals surface area contributed by atoms with Crippen molar-refractivity contribution in [1.29, 1.82) is 0 Å². The fourth-order valence-corrected chi connectivity index (χ4v) is 7.81. The van der Waals surface area contributed by atoms with E-state index in [1.54, 1.807) is 0 Å². The number of anilines is 3. The molecule has 0 N–H and O–H groups in total. The summed E-state index contributed by atoms with van der Waals surface area (Å²) in [5.74, 6) is 0.594. The molecule has 0 unspecified atom stereocenters. The third kappa shape index (κ3) is 5.79. The van der Waals surface area contributed by atoms with E-state index in [9.17, 15) is 0 Å². The summed E-state index contributed by atoms with van der Waals surface area (Å²) >= 11 is 0. The topological polar surface area (TPSA) is 68.2 Å². The van der Waals surface area contributed by atoms with Crippen LogP contribution in [0.3, 0.4) is 0 Å². The standard InChI is InChI=1S/C51H32N4O2/c1-2-10-35(11-3-1)50-49-37(12-9-31-52-49)32-44(53-50)34-21-27-39(28-22-34)55(40-29-23-36(24-30-40)51-54-43-15-5-7-17-46(43)57-51)38-25-19-33(20-26-38)41-14-8-18-47-48(41)42-13-4-6-16-45(42)56-47/h1-32H. The van der Waals surface area contributed by atoms with Gasteiger partial charge in [0.2, 0.25) is 5.89 Å². The Morgan fingerprint density at radius 3 is 1.84 bits per heavy atom. The van der Waals surface area contributed by atoms with Crippen molar-refractivity contribution in [3.8, 4) is 45.1 Å². The highest BCUT2D eigenvalue weighted by Gasteiger charge is 2.18. The zero-order valence-electron chi connectivity index (χ0n) is 30.6. The molecular weight excluding hydrogens is 701 g/mol. The molecule has 11 rings (SSSR count). The summed E-state index contributed by atoms with van der Waals surface area (Å²) in [4.78, 5) is 16.9. The van der Waals surface area contributed by atoms with Crippen molar-refractivity contribution in [2.45, 2.75) is 0 Å². The lowest BCUT2D eigenvalue weighted by atomic mass is 9.99. The Morgan fingerprint density at radius 1 is 0.439 bits per heavy atom. The Balaban J connectivity index is 0.997. The second-order valence-corrected chi connectivity index (χ2v) is 14.0. The van der Waals surface area contributed by atoms with Crippen molar-refractivity contribution in [3.05, 3.63) is 194 Å². The molecule has 0 spiro atoms. The normalized spacial score (nSPS) is 11.5. The minimum absolute atomic E-state index is 0.594. The molecule has 0 aliphatic carbocycles. The SMILES string of the molecule is c1ccc(-c2nc(-c3ccc(N(c4ccc(-c5nc6ccccc6o5)cc4)c4ccc(-c5cccc6oc7ccccc7c56)cc4)cc3)cc3cccnc23)cc1. The smallest absolute Gasteiger partial charge is 0.227 e. The van der Waals surface area contributed by atoms with Crippen molar-refractivity contribution in [3.63, 3.8) is 0 Å². The first-order valence-electron chi connectivity index (χ1n) is 18.9. The van der Waals surface area contributed by atoms with E-state index >= 15 is 0 Å². The molecule has 0 amide bonds. The molecule has 6 heteroatoms. The van der Waals surface area contributed by atoms with Crippen molar-refractivity contribution in [2.24, 2.45) is 0 Å². The molecule has 0 aliphatic heterocycles. The Hall–Kier alpha value is -7.83. The van der Waals surface area contributed by atoms with Gasteiger partial charge in [0.05, 0.1) is 16.9 Å². The number of hydrogen-bond donors (Lipinski definition) is 0. The molecule has 0 atom stereocenters. The van der Waals surface area contributed by atoms with E-state index in [-0.39, 0.29) is 0 Å². The van der Waals surface area contributed by atoms with E-state index in [1.165, 1.54) is 0 Å². The molecule has 7 aromatic carbocycles. The maximum atomic E-state index is 6.22. The minimum Gasteiger partial charge on any atom is -0.456 e. The molecule has 0 radical (unpaired) electrons. The molecule has 4 aromatic heterocycles. The van der Waals surface area contributed by atoms with Crippen LogP contribution in [0.25, 0.3) is 89.0 Å². The number of pyridine rings is 2. The summed E-state index contributed by atoms with van der Waals surface area (Å²) in [7, 11) is 0. The molecule has 6 nitrogen and oxygen atoms in total. The summed E-state index contributed by atoms with van der Waals surface area (Å²) in [5, 5.41) is 3.28. The van der Waals surface area contributed by atoms with Gasteiger partial charge in [0.1, 0.15) is 16.7 Å². The molecule has 0 saturated heterocycles. The second kappa shape index (κ2) is 13.5. The van der Waals surface area contributed by atoms with Gasteiger partial charge in [-0.2, -0.15) is 0 Å². The van der Waals surface area contributed by atoms with Crippen LogP contribution < -0.4 is 4.90 Å². The monoisotopic (exact) mass is 732 g/mol. The number of rotatable bonds is 7. The summed E-state index contributed by atoms with van der Waals surface area (Å²) in [6.07, 6.45) is 1.83. The van der Waals surface area contributed by atoms with Crippen molar-refractivity contribution >= 4 is 61.0 Å². The number of nitrogens with zero attached hydrogens (tertiary/aromatic N) is 4. The minimum atomic E-state index is 0.594. The number of aromatic nitrogens is 3. The van der Waals surface area contributed by atoms with Crippen LogP contribution in [0.4, 0.5) is 17.1 Å². The number of furan rings is 1. The number of fused-ring (bicyclic) bond motifs is 5. The highest BCUT2D eigenvalue weighted by atomic mass is 16.3.